The van der Waals surface area contributed by atoms with E-state index in [0.717, 1.165) is 6.54 Å². The number of nitrogens with one attached hydrogen (secondary N) is 1. The van der Waals surface area contributed by atoms with Crippen LogP contribution in [0.25, 0.3) is 0 Å². The minimum Gasteiger partial charge on any atom is -0.390 e. The first-order valence-electron chi connectivity index (χ1n) is 4.00. The van der Waals surface area contributed by atoms with Crippen molar-refractivity contribution < 1.29 is 0 Å². The molecule has 1 heterocycles. The minimum absolute atomic E-state index is 1.05. The van der Waals surface area contributed by atoms with Crippen LogP contribution >= 0.6 is 0 Å². The molecule has 0 radical (unpaired) electrons. The molecule has 0 amide bonds. The lowest BCUT2D eigenvalue weighted by atomic mass is 10.4. The Bertz CT molecular complexity index is 95.4. The number of rotatable bonds is 4. The highest BCUT2D eigenvalue weighted by Gasteiger charge is 2.09. The highest BCUT2D eigenvalue weighted by Crippen LogP contribution is 2.05. The van der Waals surface area contributed by atoms with Gasteiger partial charge in [0, 0.05) is 13.1 Å². The molecule has 0 unspecified atom stereocenters. The monoisotopic (exact) mass is 140 g/mol. The maximum absolute atomic E-state index is 3.60. The van der Waals surface area contributed by atoms with E-state index in [2.05, 4.69) is 16.8 Å². The summed E-state index contributed by atoms with van der Waals surface area (Å²) >= 11 is 0. The van der Waals surface area contributed by atoms with Crippen molar-refractivity contribution in [3.05, 3.63) is 12.8 Å². The Kier molecular flexibility index (Phi) is 3.30. The predicted molar refractivity (Wildman–Crippen MR) is 43.9 cm³/mol. The molecule has 1 aliphatic rings. The molecule has 2 nitrogen and oxygen atoms in total. The van der Waals surface area contributed by atoms with Crippen molar-refractivity contribution in [2.75, 3.05) is 26.2 Å². The maximum atomic E-state index is 3.60. The highest BCUT2D eigenvalue weighted by atomic mass is 15.1. The van der Waals surface area contributed by atoms with Gasteiger partial charge >= 0.3 is 0 Å². The molecule has 0 aromatic carbocycles. The second-order valence-electron chi connectivity index (χ2n) is 2.71. The number of hydrogen-bond donors (Lipinski definition) is 1. The number of nitrogens with zero attached hydrogens (tertiary/aromatic N) is 1. The van der Waals surface area contributed by atoms with Gasteiger partial charge in [0.05, 0.1) is 0 Å². The van der Waals surface area contributed by atoms with Gasteiger partial charge in [0.1, 0.15) is 0 Å². The zero-order valence-corrected chi connectivity index (χ0v) is 6.47. The molecule has 0 aromatic heterocycles. The normalized spacial score (nSPS) is 19.2. The number of hydrogen-bond acceptors (Lipinski definition) is 2. The Hall–Kier alpha value is -0.500. The summed E-state index contributed by atoms with van der Waals surface area (Å²) in [5.74, 6) is 0. The van der Waals surface area contributed by atoms with Crippen LogP contribution in [0.2, 0.25) is 0 Å². The van der Waals surface area contributed by atoms with Gasteiger partial charge in [0.15, 0.2) is 0 Å². The van der Waals surface area contributed by atoms with Crippen molar-refractivity contribution in [3.8, 4) is 0 Å². The molecule has 0 aromatic rings. The van der Waals surface area contributed by atoms with E-state index in [1.54, 1.807) is 6.20 Å². The molecule has 2 heteroatoms. The van der Waals surface area contributed by atoms with Crippen LogP contribution in [0.5, 0.6) is 0 Å². The zero-order valence-electron chi connectivity index (χ0n) is 6.47. The molecule has 1 saturated heterocycles. The molecule has 1 N–H and O–H groups in total. The average molecular weight is 140 g/mol. The van der Waals surface area contributed by atoms with Crippen LogP contribution in [0.1, 0.15) is 12.8 Å². The lowest BCUT2D eigenvalue weighted by Crippen LogP contribution is -2.27. The third-order valence-corrected chi connectivity index (χ3v) is 1.92. The predicted octanol–water partition coefficient (Wildman–Crippen LogP) is 0.815. The van der Waals surface area contributed by atoms with Crippen molar-refractivity contribution in [2.24, 2.45) is 0 Å². The Labute approximate surface area is 62.9 Å². The fraction of sp³-hybridized carbons (Fsp3) is 0.750. The van der Waals surface area contributed by atoms with E-state index in [9.17, 15) is 0 Å². The van der Waals surface area contributed by atoms with Gasteiger partial charge in [0.2, 0.25) is 0 Å². The Morgan fingerprint density at radius 3 is 2.70 bits per heavy atom. The van der Waals surface area contributed by atoms with E-state index in [1.165, 1.54) is 32.5 Å². The molecular weight excluding hydrogens is 124 g/mol. The van der Waals surface area contributed by atoms with Gasteiger partial charge < -0.3 is 10.2 Å². The van der Waals surface area contributed by atoms with Gasteiger partial charge in [-0.25, -0.2) is 0 Å². The Balaban J connectivity index is 1.96. The summed E-state index contributed by atoms with van der Waals surface area (Å²) in [7, 11) is 0. The summed E-state index contributed by atoms with van der Waals surface area (Å²) in [6.07, 6.45) is 4.53. The summed E-state index contributed by atoms with van der Waals surface area (Å²) < 4.78 is 0. The number of likely N-dealkylation sites (tertiary alicyclic amines) is 1. The highest BCUT2D eigenvalue weighted by molar-refractivity contribution is 4.69. The van der Waals surface area contributed by atoms with Crippen LogP contribution < -0.4 is 5.32 Å². The van der Waals surface area contributed by atoms with E-state index < -0.39 is 0 Å². The summed E-state index contributed by atoms with van der Waals surface area (Å²) in [6, 6.07) is 0. The summed E-state index contributed by atoms with van der Waals surface area (Å²) in [5, 5.41) is 3.10. The van der Waals surface area contributed by atoms with Crippen LogP contribution in [0.4, 0.5) is 0 Å². The lowest BCUT2D eigenvalue weighted by molar-refractivity contribution is 0.342. The van der Waals surface area contributed by atoms with Crippen LogP contribution in [0.3, 0.4) is 0 Å². The van der Waals surface area contributed by atoms with Crippen molar-refractivity contribution in [2.45, 2.75) is 12.8 Å². The molecule has 10 heavy (non-hydrogen) atoms. The van der Waals surface area contributed by atoms with E-state index in [4.69, 9.17) is 0 Å². The average Bonchev–Trinajstić information content (AvgIpc) is 2.41. The summed E-state index contributed by atoms with van der Waals surface area (Å²) in [5.41, 5.74) is 0. The van der Waals surface area contributed by atoms with E-state index in [1.807, 2.05) is 0 Å². The smallest absolute Gasteiger partial charge is 0.0269 e. The molecular formula is C8H16N2. The molecule has 0 aliphatic carbocycles. The van der Waals surface area contributed by atoms with Crippen LogP contribution in [-0.4, -0.2) is 31.1 Å². The molecule has 1 aliphatic heterocycles. The third-order valence-electron chi connectivity index (χ3n) is 1.92. The second kappa shape index (κ2) is 4.34. The maximum Gasteiger partial charge on any atom is 0.0269 e. The van der Waals surface area contributed by atoms with Gasteiger partial charge in [-0.3, -0.25) is 0 Å². The second-order valence-corrected chi connectivity index (χ2v) is 2.71. The van der Waals surface area contributed by atoms with Crippen LogP contribution in [0.15, 0.2) is 12.8 Å². The first kappa shape index (κ1) is 7.61. The van der Waals surface area contributed by atoms with Crippen molar-refractivity contribution in [1.29, 1.82) is 0 Å². The van der Waals surface area contributed by atoms with Gasteiger partial charge in [-0.1, -0.05) is 6.58 Å². The van der Waals surface area contributed by atoms with Gasteiger partial charge in [-0.05, 0) is 32.1 Å². The Morgan fingerprint density at radius 2 is 2.10 bits per heavy atom. The van der Waals surface area contributed by atoms with E-state index in [-0.39, 0.29) is 0 Å². The SMILES string of the molecule is C=CNCCN1CCCC1. The standard InChI is InChI=1S/C8H16N2/c1-2-9-5-8-10-6-3-4-7-10/h2,9H,1,3-8H2. The molecule has 1 rings (SSSR count). The van der Waals surface area contributed by atoms with E-state index in [0.29, 0.717) is 0 Å². The third kappa shape index (κ3) is 2.40. The zero-order chi connectivity index (χ0) is 7.23. The molecule has 1 fully saturated rings. The first-order chi connectivity index (χ1) is 4.93. The van der Waals surface area contributed by atoms with Crippen LogP contribution in [-0.2, 0) is 0 Å². The fourth-order valence-electron chi connectivity index (χ4n) is 1.33. The van der Waals surface area contributed by atoms with Crippen molar-refractivity contribution >= 4 is 0 Å². The fourth-order valence-corrected chi connectivity index (χ4v) is 1.33. The van der Waals surface area contributed by atoms with Crippen LogP contribution in [0, 0.1) is 0 Å². The molecule has 0 saturated carbocycles. The molecule has 0 spiro atoms. The lowest BCUT2D eigenvalue weighted by Gasteiger charge is -2.13. The largest absolute Gasteiger partial charge is 0.390 e. The molecule has 58 valence electrons. The Morgan fingerprint density at radius 1 is 1.40 bits per heavy atom. The van der Waals surface area contributed by atoms with Gasteiger partial charge in [-0.2, -0.15) is 0 Å². The summed E-state index contributed by atoms with van der Waals surface area (Å²) in [6.45, 7) is 8.39. The quantitative estimate of drug-likeness (QED) is 0.581. The van der Waals surface area contributed by atoms with E-state index >= 15 is 0 Å². The minimum atomic E-state index is 1.05. The molecule has 0 bridgehead atoms. The van der Waals surface area contributed by atoms with Gasteiger partial charge in [0.25, 0.3) is 0 Å². The first-order valence-corrected chi connectivity index (χ1v) is 4.00. The molecule has 0 atom stereocenters. The van der Waals surface area contributed by atoms with Crippen molar-refractivity contribution in [3.63, 3.8) is 0 Å². The van der Waals surface area contributed by atoms with Gasteiger partial charge in [-0.15, -0.1) is 0 Å². The topological polar surface area (TPSA) is 15.3 Å². The van der Waals surface area contributed by atoms with Crippen molar-refractivity contribution in [1.82, 2.24) is 10.2 Å². The summed E-state index contributed by atoms with van der Waals surface area (Å²) in [4.78, 5) is 2.48.